The lowest BCUT2D eigenvalue weighted by atomic mass is 10.2. The van der Waals surface area contributed by atoms with E-state index in [4.69, 9.17) is 9.47 Å². The first kappa shape index (κ1) is 24.4. The topological polar surface area (TPSA) is 107 Å². The first-order valence-corrected chi connectivity index (χ1v) is 12.4. The summed E-state index contributed by atoms with van der Waals surface area (Å²) in [5.74, 6) is 0.475. The Balaban J connectivity index is 1.69. The molecule has 0 fully saturated rings. The van der Waals surface area contributed by atoms with Crippen molar-refractivity contribution in [3.8, 4) is 11.5 Å². The third kappa shape index (κ3) is 6.39. The van der Waals surface area contributed by atoms with Gasteiger partial charge in [-0.15, -0.1) is 0 Å². The first-order valence-electron chi connectivity index (χ1n) is 10.1. The number of nitrogens with one attached hydrogen (secondary N) is 2. The average Bonchev–Trinajstić information content (AvgIpc) is 2.83. The Bertz CT molecular complexity index is 1200. The average molecular weight is 488 g/mol. The summed E-state index contributed by atoms with van der Waals surface area (Å²) in [7, 11) is -1.02. The van der Waals surface area contributed by atoms with E-state index in [9.17, 15) is 13.2 Å². The second-order valence-corrected chi connectivity index (χ2v) is 9.63. The van der Waals surface area contributed by atoms with E-state index in [0.717, 1.165) is 16.3 Å². The van der Waals surface area contributed by atoms with Gasteiger partial charge < -0.3 is 14.8 Å². The van der Waals surface area contributed by atoms with Crippen molar-refractivity contribution in [3.63, 3.8) is 0 Å². The van der Waals surface area contributed by atoms with Crippen LogP contribution in [0.3, 0.4) is 0 Å². The van der Waals surface area contributed by atoms with E-state index in [1.807, 2.05) is 6.92 Å². The van der Waals surface area contributed by atoms with Crippen LogP contribution in [0.4, 0.5) is 5.69 Å². The van der Waals surface area contributed by atoms with Crippen molar-refractivity contribution < 1.29 is 22.7 Å². The molecule has 1 amide bonds. The lowest BCUT2D eigenvalue weighted by Gasteiger charge is -2.13. The Morgan fingerprint density at radius 2 is 1.79 bits per heavy atom. The second kappa shape index (κ2) is 11.1. The number of amides is 1. The molecule has 0 aliphatic heterocycles. The molecule has 0 atom stereocenters. The Hall–Kier alpha value is -3.24. The van der Waals surface area contributed by atoms with Crippen molar-refractivity contribution in [2.75, 3.05) is 25.5 Å². The molecular weight excluding hydrogens is 462 g/mol. The highest BCUT2D eigenvalue weighted by Crippen LogP contribution is 2.31. The summed E-state index contributed by atoms with van der Waals surface area (Å²) in [6, 6.07) is 15.0. The molecule has 0 aliphatic rings. The first-order chi connectivity index (χ1) is 15.9. The van der Waals surface area contributed by atoms with Crippen LogP contribution in [-0.2, 0) is 10.0 Å². The van der Waals surface area contributed by atoms with Gasteiger partial charge in [0.1, 0.15) is 21.4 Å². The van der Waals surface area contributed by atoms with E-state index in [-0.39, 0.29) is 16.6 Å². The zero-order valence-electron chi connectivity index (χ0n) is 18.5. The molecule has 0 saturated carbocycles. The number of carbonyl (C=O) groups excluding carboxylic acids is 1. The van der Waals surface area contributed by atoms with Crippen LogP contribution in [0.1, 0.15) is 23.7 Å². The molecule has 33 heavy (non-hydrogen) atoms. The Morgan fingerprint density at radius 3 is 2.39 bits per heavy atom. The van der Waals surface area contributed by atoms with Crippen molar-refractivity contribution in [1.29, 1.82) is 0 Å². The smallest absolute Gasteiger partial charge is 0.265 e. The van der Waals surface area contributed by atoms with Crippen LogP contribution in [-0.4, -0.2) is 40.1 Å². The van der Waals surface area contributed by atoms with Gasteiger partial charge in [-0.2, -0.15) is 0 Å². The van der Waals surface area contributed by atoms with Crippen LogP contribution < -0.4 is 19.5 Å². The zero-order valence-corrected chi connectivity index (χ0v) is 20.1. The normalized spacial score (nSPS) is 11.0. The molecule has 1 heterocycles. The molecule has 0 radical (unpaired) electrons. The minimum Gasteiger partial charge on any atom is -0.497 e. The Morgan fingerprint density at radius 1 is 1.03 bits per heavy atom. The highest BCUT2D eigenvalue weighted by molar-refractivity contribution is 7.99. The number of hydrogen-bond donors (Lipinski definition) is 2. The van der Waals surface area contributed by atoms with E-state index in [2.05, 4.69) is 15.0 Å². The number of sulfonamides is 1. The molecule has 3 rings (SSSR count). The number of ether oxygens (including phenoxy) is 2. The van der Waals surface area contributed by atoms with Gasteiger partial charge in [0.05, 0.1) is 19.8 Å². The van der Waals surface area contributed by atoms with Gasteiger partial charge in [0.2, 0.25) is 0 Å². The number of rotatable bonds is 10. The monoisotopic (exact) mass is 487 g/mol. The second-order valence-electron chi connectivity index (χ2n) is 6.89. The molecule has 0 spiro atoms. The quantitative estimate of drug-likeness (QED) is 0.442. The van der Waals surface area contributed by atoms with E-state index in [1.54, 1.807) is 48.5 Å². The Labute approximate surface area is 197 Å². The van der Waals surface area contributed by atoms with Crippen molar-refractivity contribution in [3.05, 3.63) is 66.4 Å². The summed E-state index contributed by atoms with van der Waals surface area (Å²) in [6.45, 7) is 2.61. The molecule has 0 saturated heterocycles. The number of aromatic nitrogens is 1. The fourth-order valence-corrected chi connectivity index (χ4v) is 4.83. The highest BCUT2D eigenvalue weighted by atomic mass is 32.2. The van der Waals surface area contributed by atoms with Gasteiger partial charge in [-0.25, -0.2) is 13.4 Å². The van der Waals surface area contributed by atoms with Gasteiger partial charge in [0.25, 0.3) is 15.9 Å². The lowest BCUT2D eigenvalue weighted by molar-refractivity contribution is 0.0953. The van der Waals surface area contributed by atoms with E-state index >= 15 is 0 Å². The van der Waals surface area contributed by atoms with Crippen molar-refractivity contribution in [1.82, 2.24) is 10.3 Å². The molecule has 2 N–H and O–H groups in total. The van der Waals surface area contributed by atoms with Crippen LogP contribution in [0.25, 0.3) is 0 Å². The van der Waals surface area contributed by atoms with E-state index in [0.29, 0.717) is 23.5 Å². The molecule has 8 nitrogen and oxygen atoms in total. The predicted molar refractivity (Wildman–Crippen MR) is 128 cm³/mol. The van der Waals surface area contributed by atoms with Gasteiger partial charge in [-0.3, -0.25) is 9.52 Å². The van der Waals surface area contributed by atoms with Gasteiger partial charge in [-0.05, 0) is 55.0 Å². The molecule has 1 aromatic heterocycles. The SMILES string of the molecule is CCCNC(=O)c1ccc(Sc2ccc(NS(=O)(=O)c3cc(OC)ccc3OC)cc2)nc1. The summed E-state index contributed by atoms with van der Waals surface area (Å²) in [5, 5.41) is 3.53. The van der Waals surface area contributed by atoms with Gasteiger partial charge in [-0.1, -0.05) is 18.7 Å². The summed E-state index contributed by atoms with van der Waals surface area (Å²) < 4.78 is 38.6. The van der Waals surface area contributed by atoms with Gasteiger partial charge in [0, 0.05) is 29.4 Å². The van der Waals surface area contributed by atoms with Gasteiger partial charge >= 0.3 is 0 Å². The molecule has 0 bridgehead atoms. The van der Waals surface area contributed by atoms with Crippen LogP contribution in [0.15, 0.2) is 75.6 Å². The summed E-state index contributed by atoms with van der Waals surface area (Å²) in [5.41, 5.74) is 0.908. The fraction of sp³-hybridized carbons (Fsp3) is 0.217. The molecule has 174 valence electrons. The molecule has 0 unspecified atom stereocenters. The molecule has 0 aliphatic carbocycles. The largest absolute Gasteiger partial charge is 0.497 e. The van der Waals surface area contributed by atoms with E-state index in [1.165, 1.54) is 38.2 Å². The molecular formula is C23H25N3O5S2. The Kier molecular flexibility index (Phi) is 8.18. The number of pyridine rings is 1. The van der Waals surface area contributed by atoms with Crippen LogP contribution in [0.5, 0.6) is 11.5 Å². The van der Waals surface area contributed by atoms with Crippen LogP contribution >= 0.6 is 11.8 Å². The number of nitrogens with zero attached hydrogens (tertiary/aromatic N) is 1. The lowest BCUT2D eigenvalue weighted by Crippen LogP contribution is -2.23. The maximum Gasteiger partial charge on any atom is 0.265 e. The standard InChI is InChI=1S/C23H25N3O5S2/c1-4-13-24-23(27)16-5-12-22(25-15-16)32-19-9-6-17(7-10-19)26-33(28,29)21-14-18(30-2)8-11-20(21)31-3/h5-12,14-15,26H,4,13H2,1-3H3,(H,24,27). The molecule has 3 aromatic rings. The summed E-state index contributed by atoms with van der Waals surface area (Å²) >= 11 is 1.40. The third-order valence-electron chi connectivity index (χ3n) is 4.52. The number of methoxy groups -OCH3 is 2. The van der Waals surface area contributed by atoms with Crippen LogP contribution in [0, 0.1) is 0 Å². The van der Waals surface area contributed by atoms with Crippen molar-refractivity contribution in [2.24, 2.45) is 0 Å². The highest BCUT2D eigenvalue weighted by Gasteiger charge is 2.21. The molecule has 2 aromatic carbocycles. The van der Waals surface area contributed by atoms with Gasteiger partial charge in [0.15, 0.2) is 0 Å². The number of anilines is 1. The number of benzene rings is 2. The maximum absolute atomic E-state index is 12.9. The van der Waals surface area contributed by atoms with Crippen LogP contribution in [0.2, 0.25) is 0 Å². The summed E-state index contributed by atoms with van der Waals surface area (Å²) in [6.07, 6.45) is 2.41. The number of hydrogen-bond acceptors (Lipinski definition) is 7. The maximum atomic E-state index is 12.9. The zero-order chi connectivity index (χ0) is 23.8. The third-order valence-corrected chi connectivity index (χ3v) is 6.88. The summed E-state index contributed by atoms with van der Waals surface area (Å²) in [4.78, 5) is 17.1. The van der Waals surface area contributed by atoms with Crippen molar-refractivity contribution in [2.45, 2.75) is 28.2 Å². The molecule has 10 heteroatoms. The minimum atomic E-state index is -3.89. The number of carbonyl (C=O) groups is 1. The van der Waals surface area contributed by atoms with E-state index < -0.39 is 10.0 Å². The predicted octanol–water partition coefficient (Wildman–Crippen LogP) is 4.19. The van der Waals surface area contributed by atoms with Crippen molar-refractivity contribution >= 4 is 33.4 Å². The minimum absolute atomic E-state index is 0.0185. The fourth-order valence-electron chi connectivity index (χ4n) is 2.83.